The van der Waals surface area contributed by atoms with Crippen molar-refractivity contribution in [1.82, 2.24) is 4.31 Å². The molecule has 0 aromatic heterocycles. The van der Waals surface area contributed by atoms with Crippen molar-refractivity contribution in [2.75, 3.05) is 25.0 Å². The number of sulfonamides is 1. The summed E-state index contributed by atoms with van der Waals surface area (Å²) in [7, 11) is -2.06. The Bertz CT molecular complexity index is 1070. The maximum Gasteiger partial charge on any atom is 0.393 e. The van der Waals surface area contributed by atoms with Gasteiger partial charge < -0.3 is 4.90 Å². The summed E-state index contributed by atoms with van der Waals surface area (Å²) in [6.45, 7) is 4.00. The molecule has 1 amide bonds. The molecule has 0 bridgehead atoms. The quantitative estimate of drug-likeness (QED) is 0.647. The van der Waals surface area contributed by atoms with Crippen molar-refractivity contribution in [3.63, 3.8) is 0 Å². The van der Waals surface area contributed by atoms with Gasteiger partial charge in [0.25, 0.3) is 0 Å². The second-order valence-corrected chi connectivity index (χ2v) is 10.5. The summed E-state index contributed by atoms with van der Waals surface area (Å²) in [6.07, 6.45) is -4.60. The monoisotopic (exact) mass is 468 g/mol. The molecule has 3 rings (SSSR count). The Hall–Kier alpha value is -2.39. The first-order valence-corrected chi connectivity index (χ1v) is 11.8. The molecule has 1 saturated heterocycles. The van der Waals surface area contributed by atoms with E-state index in [0.29, 0.717) is 24.1 Å². The normalized spacial score (nSPS) is 17.2. The zero-order valence-corrected chi connectivity index (χ0v) is 19.1. The van der Waals surface area contributed by atoms with Gasteiger partial charge in [-0.25, -0.2) is 8.42 Å². The van der Waals surface area contributed by atoms with Crippen LogP contribution in [0.4, 0.5) is 18.9 Å². The van der Waals surface area contributed by atoms with Crippen molar-refractivity contribution in [2.45, 2.75) is 44.2 Å². The lowest BCUT2D eigenvalue weighted by Crippen LogP contribution is -2.49. The molecule has 1 aliphatic heterocycles. The van der Waals surface area contributed by atoms with E-state index in [-0.39, 0.29) is 29.5 Å². The number of rotatable bonds is 5. The Labute approximate surface area is 186 Å². The van der Waals surface area contributed by atoms with Gasteiger partial charge in [0, 0.05) is 31.2 Å². The number of hydrogen-bond donors (Lipinski definition) is 0. The minimum absolute atomic E-state index is 0.128. The summed E-state index contributed by atoms with van der Waals surface area (Å²) in [6, 6.07) is 12.5. The SMILES string of the molecule is Cc1ccccc1S(=O)(=O)N1CCC(C)(C(=O)N(C)c2ccc(CC(F)(F)F)cc2)CC1. The van der Waals surface area contributed by atoms with Crippen LogP contribution in [0.1, 0.15) is 30.9 Å². The van der Waals surface area contributed by atoms with Gasteiger partial charge in [0.05, 0.1) is 11.3 Å². The standard InChI is InChI=1S/C23H27F3N2O3S/c1-17-6-4-5-7-20(17)32(30,31)28-14-12-22(2,13-15-28)21(29)27(3)19-10-8-18(9-11-19)16-23(24,25)26/h4-11H,12-16H2,1-3H3. The Morgan fingerprint density at radius 2 is 1.62 bits per heavy atom. The van der Waals surface area contributed by atoms with Crippen molar-refractivity contribution < 1.29 is 26.4 Å². The third kappa shape index (κ3) is 5.15. The zero-order chi connectivity index (χ0) is 23.7. The van der Waals surface area contributed by atoms with Crippen molar-refractivity contribution in [2.24, 2.45) is 5.41 Å². The smallest absolute Gasteiger partial charge is 0.315 e. The lowest BCUT2D eigenvalue weighted by atomic mass is 9.79. The number of carbonyl (C=O) groups excluding carboxylic acids is 1. The van der Waals surface area contributed by atoms with E-state index in [4.69, 9.17) is 0 Å². The molecule has 0 spiro atoms. The number of hydrogen-bond acceptors (Lipinski definition) is 3. The maximum atomic E-state index is 13.2. The Kier molecular flexibility index (Phi) is 6.72. The molecule has 2 aromatic carbocycles. The molecule has 0 unspecified atom stereocenters. The second kappa shape index (κ2) is 8.86. The fourth-order valence-electron chi connectivity index (χ4n) is 4.01. The van der Waals surface area contributed by atoms with E-state index in [9.17, 15) is 26.4 Å². The molecule has 9 heteroatoms. The molecule has 1 aliphatic rings. The fraction of sp³-hybridized carbons (Fsp3) is 0.435. The predicted octanol–water partition coefficient (Wildman–Crippen LogP) is 4.55. The number of alkyl halides is 3. The van der Waals surface area contributed by atoms with Gasteiger partial charge in [-0.15, -0.1) is 0 Å². The lowest BCUT2D eigenvalue weighted by molar-refractivity contribution is -0.129. The number of piperidine rings is 1. The molecule has 0 N–H and O–H groups in total. The number of nitrogens with zero attached hydrogens (tertiary/aromatic N) is 2. The maximum absolute atomic E-state index is 13.2. The molecule has 2 aromatic rings. The highest BCUT2D eigenvalue weighted by atomic mass is 32.2. The van der Waals surface area contributed by atoms with E-state index >= 15 is 0 Å². The molecule has 32 heavy (non-hydrogen) atoms. The van der Waals surface area contributed by atoms with Gasteiger partial charge in [0.2, 0.25) is 15.9 Å². The highest BCUT2D eigenvalue weighted by Crippen LogP contribution is 2.36. The highest BCUT2D eigenvalue weighted by molar-refractivity contribution is 7.89. The average molecular weight is 469 g/mol. The summed E-state index contributed by atoms with van der Waals surface area (Å²) in [4.78, 5) is 14.9. The number of aryl methyl sites for hydroxylation is 1. The van der Waals surface area contributed by atoms with Crippen molar-refractivity contribution >= 4 is 21.6 Å². The van der Waals surface area contributed by atoms with Crippen LogP contribution in [-0.2, 0) is 21.2 Å². The van der Waals surface area contributed by atoms with Crippen LogP contribution in [0.25, 0.3) is 0 Å². The van der Waals surface area contributed by atoms with Gasteiger partial charge in [0.15, 0.2) is 0 Å². The molecule has 1 heterocycles. The Morgan fingerprint density at radius 1 is 1.06 bits per heavy atom. The van der Waals surface area contributed by atoms with Crippen LogP contribution in [0, 0.1) is 12.3 Å². The van der Waals surface area contributed by atoms with Crippen LogP contribution in [0.5, 0.6) is 0 Å². The van der Waals surface area contributed by atoms with Crippen LogP contribution in [0.2, 0.25) is 0 Å². The van der Waals surface area contributed by atoms with Crippen LogP contribution < -0.4 is 4.90 Å². The van der Waals surface area contributed by atoms with Gasteiger partial charge in [-0.05, 0) is 49.1 Å². The molecule has 0 aliphatic carbocycles. The third-order valence-electron chi connectivity index (χ3n) is 6.09. The Morgan fingerprint density at radius 3 is 2.16 bits per heavy atom. The van der Waals surface area contributed by atoms with Crippen LogP contribution in [0.15, 0.2) is 53.4 Å². The molecule has 0 radical (unpaired) electrons. The van der Waals surface area contributed by atoms with Gasteiger partial charge in [-0.3, -0.25) is 4.79 Å². The first-order chi connectivity index (χ1) is 14.8. The number of benzene rings is 2. The summed E-state index contributed by atoms with van der Waals surface area (Å²) in [5, 5.41) is 0. The highest BCUT2D eigenvalue weighted by Gasteiger charge is 2.42. The molecule has 1 fully saturated rings. The van der Waals surface area contributed by atoms with E-state index in [2.05, 4.69) is 0 Å². The fourth-order valence-corrected chi connectivity index (χ4v) is 5.68. The Balaban J connectivity index is 1.69. The minimum atomic E-state index is -4.29. The minimum Gasteiger partial charge on any atom is -0.315 e. The van der Waals surface area contributed by atoms with Crippen molar-refractivity contribution in [3.05, 3.63) is 59.7 Å². The number of anilines is 1. The van der Waals surface area contributed by atoms with Gasteiger partial charge >= 0.3 is 6.18 Å². The van der Waals surface area contributed by atoms with E-state index < -0.39 is 28.0 Å². The molecule has 5 nitrogen and oxygen atoms in total. The summed E-state index contributed by atoms with van der Waals surface area (Å²) in [5.74, 6) is -0.186. The zero-order valence-electron chi connectivity index (χ0n) is 18.3. The van der Waals surface area contributed by atoms with Gasteiger partial charge in [-0.1, -0.05) is 37.3 Å². The van der Waals surface area contributed by atoms with E-state index in [1.807, 2.05) is 6.92 Å². The third-order valence-corrected chi connectivity index (χ3v) is 8.15. The van der Waals surface area contributed by atoms with Crippen LogP contribution >= 0.6 is 0 Å². The van der Waals surface area contributed by atoms with Gasteiger partial charge in [0.1, 0.15) is 0 Å². The average Bonchev–Trinajstić information content (AvgIpc) is 2.72. The topological polar surface area (TPSA) is 57.7 Å². The van der Waals surface area contributed by atoms with Crippen LogP contribution in [0.3, 0.4) is 0 Å². The van der Waals surface area contributed by atoms with E-state index in [0.717, 1.165) is 0 Å². The van der Waals surface area contributed by atoms with Crippen LogP contribution in [-0.4, -0.2) is 44.9 Å². The van der Waals surface area contributed by atoms with E-state index in [1.165, 1.54) is 33.5 Å². The first kappa shape index (κ1) is 24.3. The van der Waals surface area contributed by atoms with E-state index in [1.54, 1.807) is 38.2 Å². The molecule has 174 valence electrons. The largest absolute Gasteiger partial charge is 0.393 e. The van der Waals surface area contributed by atoms with Gasteiger partial charge in [-0.2, -0.15) is 17.5 Å². The second-order valence-electron chi connectivity index (χ2n) is 8.55. The summed E-state index contributed by atoms with van der Waals surface area (Å²) in [5.41, 5.74) is 0.530. The van der Waals surface area contributed by atoms with Crippen molar-refractivity contribution in [1.29, 1.82) is 0 Å². The molecule has 0 saturated carbocycles. The number of amides is 1. The number of carbonyl (C=O) groups is 1. The summed E-state index contributed by atoms with van der Waals surface area (Å²) < 4.78 is 65.1. The number of halogens is 3. The predicted molar refractivity (Wildman–Crippen MR) is 117 cm³/mol. The molecular weight excluding hydrogens is 441 g/mol. The lowest BCUT2D eigenvalue weighted by Gasteiger charge is -2.39. The summed E-state index contributed by atoms with van der Waals surface area (Å²) >= 11 is 0. The first-order valence-electron chi connectivity index (χ1n) is 10.3. The molecular formula is C23H27F3N2O3S. The van der Waals surface area contributed by atoms with Crippen molar-refractivity contribution in [3.8, 4) is 0 Å². The molecule has 0 atom stereocenters.